The molecule has 2 rings (SSSR count). The van der Waals surface area contributed by atoms with Crippen molar-refractivity contribution in [1.29, 1.82) is 0 Å². The molecule has 4 nitrogen and oxygen atoms in total. The highest BCUT2D eigenvalue weighted by molar-refractivity contribution is 5.45. The Kier molecular flexibility index (Phi) is 5.38. The molecule has 1 aromatic heterocycles. The van der Waals surface area contributed by atoms with Gasteiger partial charge in [0.2, 0.25) is 0 Å². The second-order valence-electron chi connectivity index (χ2n) is 5.71. The standard InChI is InChI=1S/C16H27N3O/c1-5-17-13(3)15-7-6-14(10-18-15)19-9-8-12(2)16(11-19)20-4/h6-7,10,12-13,16-17H,5,8-9,11H2,1-4H3. The molecule has 4 heteroatoms. The van der Waals surface area contributed by atoms with E-state index in [9.17, 15) is 0 Å². The first kappa shape index (κ1) is 15.3. The second kappa shape index (κ2) is 7.04. The molecule has 0 amide bonds. The maximum absolute atomic E-state index is 5.58. The van der Waals surface area contributed by atoms with Gasteiger partial charge in [0.15, 0.2) is 0 Å². The third-order valence-electron chi connectivity index (χ3n) is 4.28. The monoisotopic (exact) mass is 277 g/mol. The van der Waals surface area contributed by atoms with E-state index in [1.54, 1.807) is 0 Å². The van der Waals surface area contributed by atoms with Gasteiger partial charge in [-0.3, -0.25) is 4.98 Å². The summed E-state index contributed by atoms with van der Waals surface area (Å²) < 4.78 is 5.58. The van der Waals surface area contributed by atoms with Crippen LogP contribution in [-0.4, -0.2) is 37.8 Å². The Morgan fingerprint density at radius 3 is 2.90 bits per heavy atom. The van der Waals surface area contributed by atoms with E-state index in [1.165, 1.54) is 12.1 Å². The van der Waals surface area contributed by atoms with E-state index < -0.39 is 0 Å². The largest absolute Gasteiger partial charge is 0.379 e. The number of hydrogen-bond acceptors (Lipinski definition) is 4. The lowest BCUT2D eigenvalue weighted by Crippen LogP contribution is -2.44. The second-order valence-corrected chi connectivity index (χ2v) is 5.71. The molecule has 0 aromatic carbocycles. The number of pyridine rings is 1. The minimum atomic E-state index is 0.308. The summed E-state index contributed by atoms with van der Waals surface area (Å²) in [6, 6.07) is 4.61. The molecule has 3 atom stereocenters. The van der Waals surface area contributed by atoms with Gasteiger partial charge in [-0.2, -0.15) is 0 Å². The number of methoxy groups -OCH3 is 1. The fourth-order valence-corrected chi connectivity index (χ4v) is 2.83. The lowest BCUT2D eigenvalue weighted by Gasteiger charge is -2.37. The molecule has 1 saturated heterocycles. The Balaban J connectivity index is 2.03. The van der Waals surface area contributed by atoms with Crippen molar-refractivity contribution < 1.29 is 4.74 Å². The summed E-state index contributed by atoms with van der Waals surface area (Å²) in [4.78, 5) is 6.98. The summed E-state index contributed by atoms with van der Waals surface area (Å²) in [5.41, 5.74) is 2.30. The zero-order valence-corrected chi connectivity index (χ0v) is 13.1. The summed E-state index contributed by atoms with van der Waals surface area (Å²) in [6.07, 6.45) is 3.49. The first-order valence-corrected chi connectivity index (χ1v) is 7.62. The van der Waals surface area contributed by atoms with Gasteiger partial charge in [-0.25, -0.2) is 0 Å². The minimum Gasteiger partial charge on any atom is -0.379 e. The van der Waals surface area contributed by atoms with E-state index in [2.05, 4.69) is 48.1 Å². The van der Waals surface area contributed by atoms with E-state index in [0.29, 0.717) is 18.1 Å². The van der Waals surface area contributed by atoms with Crippen LogP contribution in [0.1, 0.15) is 38.9 Å². The Labute approximate surface area is 122 Å². The van der Waals surface area contributed by atoms with Crippen molar-refractivity contribution in [3.8, 4) is 0 Å². The number of aromatic nitrogens is 1. The summed E-state index contributed by atoms with van der Waals surface area (Å²) in [6.45, 7) is 9.54. The summed E-state index contributed by atoms with van der Waals surface area (Å²) in [5, 5.41) is 3.39. The number of rotatable bonds is 5. The number of ether oxygens (including phenoxy) is 1. The number of nitrogens with one attached hydrogen (secondary N) is 1. The van der Waals surface area contributed by atoms with Crippen molar-refractivity contribution in [2.24, 2.45) is 5.92 Å². The third-order valence-corrected chi connectivity index (χ3v) is 4.28. The van der Waals surface area contributed by atoms with Crippen LogP contribution in [0.3, 0.4) is 0 Å². The van der Waals surface area contributed by atoms with E-state index >= 15 is 0 Å². The van der Waals surface area contributed by atoms with Crippen LogP contribution in [0.2, 0.25) is 0 Å². The van der Waals surface area contributed by atoms with Crippen molar-refractivity contribution in [1.82, 2.24) is 10.3 Å². The topological polar surface area (TPSA) is 37.4 Å². The smallest absolute Gasteiger partial charge is 0.0772 e. The fraction of sp³-hybridized carbons (Fsp3) is 0.688. The molecule has 0 bridgehead atoms. The minimum absolute atomic E-state index is 0.308. The maximum Gasteiger partial charge on any atom is 0.0772 e. The molecule has 20 heavy (non-hydrogen) atoms. The quantitative estimate of drug-likeness (QED) is 0.898. The van der Waals surface area contributed by atoms with Gasteiger partial charge in [0.25, 0.3) is 0 Å². The third kappa shape index (κ3) is 3.49. The van der Waals surface area contributed by atoms with Gasteiger partial charge in [-0.05, 0) is 37.9 Å². The highest BCUT2D eigenvalue weighted by atomic mass is 16.5. The number of anilines is 1. The summed E-state index contributed by atoms with van der Waals surface area (Å²) >= 11 is 0. The van der Waals surface area contributed by atoms with Crippen LogP contribution in [0.5, 0.6) is 0 Å². The average molecular weight is 277 g/mol. The van der Waals surface area contributed by atoms with Crippen molar-refractivity contribution in [3.05, 3.63) is 24.0 Å². The first-order chi connectivity index (χ1) is 9.65. The van der Waals surface area contributed by atoms with Crippen molar-refractivity contribution >= 4 is 5.69 Å². The lowest BCUT2D eigenvalue weighted by molar-refractivity contribution is 0.0498. The Hall–Kier alpha value is -1.13. The molecule has 0 radical (unpaired) electrons. The van der Waals surface area contributed by atoms with Crippen LogP contribution in [0, 0.1) is 5.92 Å². The van der Waals surface area contributed by atoms with Gasteiger partial charge < -0.3 is 15.0 Å². The van der Waals surface area contributed by atoms with Gasteiger partial charge in [0.05, 0.1) is 23.7 Å². The Morgan fingerprint density at radius 1 is 1.50 bits per heavy atom. The van der Waals surface area contributed by atoms with Crippen LogP contribution in [0.4, 0.5) is 5.69 Å². The van der Waals surface area contributed by atoms with Crippen LogP contribution >= 0.6 is 0 Å². The number of piperidine rings is 1. The van der Waals surface area contributed by atoms with Crippen molar-refractivity contribution in [3.63, 3.8) is 0 Å². The van der Waals surface area contributed by atoms with Crippen LogP contribution in [0.15, 0.2) is 18.3 Å². The molecule has 1 aliphatic rings. The molecular formula is C16H27N3O. The fourth-order valence-electron chi connectivity index (χ4n) is 2.83. The molecule has 1 N–H and O–H groups in total. The van der Waals surface area contributed by atoms with E-state index in [0.717, 1.165) is 25.3 Å². The van der Waals surface area contributed by atoms with Gasteiger partial charge >= 0.3 is 0 Å². The van der Waals surface area contributed by atoms with Crippen LogP contribution in [0.25, 0.3) is 0 Å². The van der Waals surface area contributed by atoms with Crippen LogP contribution < -0.4 is 10.2 Å². The van der Waals surface area contributed by atoms with Gasteiger partial charge in [-0.15, -0.1) is 0 Å². The van der Waals surface area contributed by atoms with E-state index in [1.807, 2.05) is 13.3 Å². The Bertz CT molecular complexity index is 407. The van der Waals surface area contributed by atoms with Gasteiger partial charge in [0.1, 0.15) is 0 Å². The maximum atomic E-state index is 5.58. The van der Waals surface area contributed by atoms with Crippen molar-refractivity contribution in [2.75, 3.05) is 31.6 Å². The van der Waals surface area contributed by atoms with Crippen LogP contribution in [-0.2, 0) is 4.74 Å². The average Bonchev–Trinajstić information content (AvgIpc) is 2.48. The zero-order chi connectivity index (χ0) is 14.5. The molecule has 0 spiro atoms. The normalized spacial score (nSPS) is 24.7. The van der Waals surface area contributed by atoms with E-state index in [4.69, 9.17) is 4.74 Å². The lowest BCUT2D eigenvalue weighted by atomic mass is 9.95. The Morgan fingerprint density at radius 2 is 2.30 bits per heavy atom. The number of nitrogens with zero attached hydrogens (tertiary/aromatic N) is 2. The molecule has 1 aliphatic heterocycles. The summed E-state index contributed by atoms with van der Waals surface area (Å²) in [7, 11) is 1.81. The highest BCUT2D eigenvalue weighted by Crippen LogP contribution is 2.25. The number of hydrogen-bond donors (Lipinski definition) is 1. The molecule has 112 valence electrons. The summed E-state index contributed by atoms with van der Waals surface area (Å²) in [5.74, 6) is 0.636. The van der Waals surface area contributed by atoms with Gasteiger partial charge in [0, 0.05) is 26.2 Å². The van der Waals surface area contributed by atoms with Crippen molar-refractivity contribution in [2.45, 2.75) is 39.3 Å². The first-order valence-electron chi connectivity index (χ1n) is 7.62. The van der Waals surface area contributed by atoms with Gasteiger partial charge in [-0.1, -0.05) is 13.8 Å². The molecule has 0 aliphatic carbocycles. The molecule has 1 fully saturated rings. The molecule has 2 heterocycles. The predicted molar refractivity (Wildman–Crippen MR) is 83.1 cm³/mol. The highest BCUT2D eigenvalue weighted by Gasteiger charge is 2.26. The molecular weight excluding hydrogens is 250 g/mol. The molecule has 3 unspecified atom stereocenters. The molecule has 1 aromatic rings. The van der Waals surface area contributed by atoms with E-state index in [-0.39, 0.29) is 0 Å². The SMILES string of the molecule is CCNC(C)c1ccc(N2CCC(C)C(OC)C2)cn1. The predicted octanol–water partition coefficient (Wildman–Crippen LogP) is 2.61. The molecule has 0 saturated carbocycles. The zero-order valence-electron chi connectivity index (χ0n) is 13.1.